The number of aromatic nitrogens is 2. The van der Waals surface area contributed by atoms with Crippen molar-refractivity contribution in [2.75, 3.05) is 12.0 Å². The number of hydrogen-bond donors (Lipinski definition) is 2. The molecule has 0 spiro atoms. The molecule has 0 saturated heterocycles. The third-order valence-electron chi connectivity index (χ3n) is 1.63. The van der Waals surface area contributed by atoms with Gasteiger partial charge in [-0.25, -0.2) is 4.98 Å². The summed E-state index contributed by atoms with van der Waals surface area (Å²) in [7, 11) is 0. The van der Waals surface area contributed by atoms with Gasteiger partial charge in [-0.1, -0.05) is 0 Å². The SMILES string of the molecule is O=CC(=O)c1nc2c([nH]1)C=NCN2. The Bertz CT molecular complexity index is 393. The minimum absolute atomic E-state index is 0.0425. The highest BCUT2D eigenvalue weighted by Gasteiger charge is 2.15. The average molecular weight is 178 g/mol. The molecule has 0 aliphatic carbocycles. The molecule has 0 fully saturated rings. The first kappa shape index (κ1) is 7.66. The normalized spacial score (nSPS) is 13.2. The third kappa shape index (κ3) is 1.22. The van der Waals surface area contributed by atoms with Gasteiger partial charge in [-0.15, -0.1) is 0 Å². The highest BCUT2D eigenvalue weighted by atomic mass is 16.2. The fraction of sp³-hybridized carbons (Fsp3) is 0.143. The van der Waals surface area contributed by atoms with E-state index in [0.29, 0.717) is 18.2 Å². The number of carbonyl (C=O) groups is 2. The topological polar surface area (TPSA) is 87.2 Å². The van der Waals surface area contributed by atoms with Gasteiger partial charge in [0.1, 0.15) is 12.4 Å². The van der Waals surface area contributed by atoms with Gasteiger partial charge in [-0.05, 0) is 0 Å². The Morgan fingerprint density at radius 2 is 2.46 bits per heavy atom. The van der Waals surface area contributed by atoms with E-state index in [2.05, 4.69) is 20.3 Å². The van der Waals surface area contributed by atoms with E-state index < -0.39 is 5.78 Å². The summed E-state index contributed by atoms with van der Waals surface area (Å²) in [5.41, 5.74) is 0.622. The van der Waals surface area contributed by atoms with Gasteiger partial charge in [-0.2, -0.15) is 0 Å². The molecular formula is C7H6N4O2. The summed E-state index contributed by atoms with van der Waals surface area (Å²) in [6.45, 7) is 0.437. The lowest BCUT2D eigenvalue weighted by atomic mass is 10.4. The van der Waals surface area contributed by atoms with Crippen molar-refractivity contribution in [3.8, 4) is 0 Å². The molecule has 6 nitrogen and oxygen atoms in total. The van der Waals surface area contributed by atoms with Gasteiger partial charge in [0.2, 0.25) is 0 Å². The van der Waals surface area contributed by atoms with Gasteiger partial charge >= 0.3 is 0 Å². The predicted octanol–water partition coefficient (Wildman–Crippen LogP) is -0.407. The number of fused-ring (bicyclic) bond motifs is 1. The highest BCUT2D eigenvalue weighted by Crippen LogP contribution is 2.12. The first-order chi connectivity index (χ1) is 6.31. The van der Waals surface area contributed by atoms with Crippen LogP contribution in [0.5, 0.6) is 0 Å². The zero-order valence-electron chi connectivity index (χ0n) is 6.57. The quantitative estimate of drug-likeness (QED) is 0.366. The molecule has 0 radical (unpaired) electrons. The molecule has 6 heteroatoms. The largest absolute Gasteiger partial charge is 0.349 e. The molecule has 0 unspecified atom stereocenters. The summed E-state index contributed by atoms with van der Waals surface area (Å²) in [5.74, 6) is -0.0642. The van der Waals surface area contributed by atoms with Crippen molar-refractivity contribution in [2.24, 2.45) is 4.99 Å². The molecule has 0 aromatic carbocycles. The lowest BCUT2D eigenvalue weighted by Gasteiger charge is -2.03. The Morgan fingerprint density at radius 3 is 3.15 bits per heavy atom. The van der Waals surface area contributed by atoms with E-state index in [4.69, 9.17) is 0 Å². The van der Waals surface area contributed by atoms with Crippen LogP contribution >= 0.6 is 0 Å². The number of nitrogens with zero attached hydrogens (tertiary/aromatic N) is 2. The van der Waals surface area contributed by atoms with Gasteiger partial charge in [0, 0.05) is 0 Å². The maximum atomic E-state index is 10.9. The van der Waals surface area contributed by atoms with E-state index in [9.17, 15) is 9.59 Å². The van der Waals surface area contributed by atoms with Crippen LogP contribution in [0.25, 0.3) is 0 Å². The second kappa shape index (κ2) is 2.81. The molecule has 1 aromatic rings. The molecule has 2 rings (SSSR count). The monoisotopic (exact) mass is 178 g/mol. The van der Waals surface area contributed by atoms with E-state index in [1.807, 2.05) is 0 Å². The minimum Gasteiger partial charge on any atom is -0.349 e. The van der Waals surface area contributed by atoms with Crippen molar-refractivity contribution in [1.82, 2.24) is 9.97 Å². The molecule has 1 aliphatic rings. The second-order valence-corrected chi connectivity index (χ2v) is 2.48. The summed E-state index contributed by atoms with van der Waals surface area (Å²) < 4.78 is 0. The number of carbonyl (C=O) groups excluding carboxylic acids is 2. The van der Waals surface area contributed by atoms with Crippen LogP contribution < -0.4 is 5.32 Å². The van der Waals surface area contributed by atoms with Crippen LogP contribution in [-0.2, 0) is 4.79 Å². The van der Waals surface area contributed by atoms with Gasteiger partial charge in [0.25, 0.3) is 5.78 Å². The van der Waals surface area contributed by atoms with Crippen molar-refractivity contribution in [3.05, 3.63) is 11.5 Å². The number of rotatable bonds is 2. The number of anilines is 1. The number of aliphatic imine (C=N–C) groups is 1. The van der Waals surface area contributed by atoms with Crippen molar-refractivity contribution in [1.29, 1.82) is 0 Å². The maximum absolute atomic E-state index is 10.9. The molecule has 1 aliphatic heterocycles. The molecular weight excluding hydrogens is 172 g/mol. The van der Waals surface area contributed by atoms with Crippen molar-refractivity contribution in [2.45, 2.75) is 0 Å². The summed E-state index contributed by atoms with van der Waals surface area (Å²) in [5, 5.41) is 2.85. The van der Waals surface area contributed by atoms with E-state index in [-0.39, 0.29) is 12.1 Å². The molecule has 0 atom stereocenters. The first-order valence-corrected chi connectivity index (χ1v) is 3.64. The van der Waals surface area contributed by atoms with E-state index >= 15 is 0 Å². The minimum atomic E-state index is -0.662. The van der Waals surface area contributed by atoms with Gasteiger partial charge in [0.05, 0.1) is 6.21 Å². The molecule has 0 bridgehead atoms. The predicted molar refractivity (Wildman–Crippen MR) is 45.1 cm³/mol. The Morgan fingerprint density at radius 1 is 1.62 bits per heavy atom. The standard InChI is InChI=1S/C7H6N4O2/c12-2-5(13)7-10-4-1-8-3-9-6(4)11-7/h1-2,9H,3H2,(H,10,11). The van der Waals surface area contributed by atoms with Gasteiger partial charge in [0.15, 0.2) is 17.9 Å². The number of H-pyrrole nitrogens is 1. The van der Waals surface area contributed by atoms with Gasteiger partial charge < -0.3 is 10.3 Å². The fourth-order valence-electron chi connectivity index (χ4n) is 1.04. The van der Waals surface area contributed by atoms with Crippen molar-refractivity contribution >= 4 is 24.1 Å². The number of aromatic amines is 1. The van der Waals surface area contributed by atoms with Crippen LogP contribution in [0.1, 0.15) is 16.3 Å². The number of hydrogen-bond acceptors (Lipinski definition) is 5. The van der Waals surface area contributed by atoms with Crippen molar-refractivity contribution in [3.63, 3.8) is 0 Å². The number of ketones is 1. The molecule has 1 aromatic heterocycles. The number of Topliss-reactive ketones (excluding diaryl/α,β-unsaturated/α-hetero) is 1. The van der Waals surface area contributed by atoms with Crippen LogP contribution in [0.15, 0.2) is 4.99 Å². The zero-order valence-corrected chi connectivity index (χ0v) is 6.57. The highest BCUT2D eigenvalue weighted by molar-refractivity contribution is 6.32. The molecule has 2 N–H and O–H groups in total. The van der Waals surface area contributed by atoms with Gasteiger partial charge in [-0.3, -0.25) is 14.6 Å². The third-order valence-corrected chi connectivity index (χ3v) is 1.63. The first-order valence-electron chi connectivity index (χ1n) is 3.64. The van der Waals surface area contributed by atoms with Crippen LogP contribution in [0, 0.1) is 0 Å². The van der Waals surface area contributed by atoms with Crippen LogP contribution in [0.3, 0.4) is 0 Å². The second-order valence-electron chi connectivity index (χ2n) is 2.48. The summed E-state index contributed by atoms with van der Waals surface area (Å²) >= 11 is 0. The molecule has 13 heavy (non-hydrogen) atoms. The Kier molecular flexibility index (Phi) is 1.66. The van der Waals surface area contributed by atoms with E-state index in [0.717, 1.165) is 0 Å². The fourth-order valence-corrected chi connectivity index (χ4v) is 1.04. The smallest absolute Gasteiger partial charge is 0.260 e. The Balaban J connectivity index is 2.42. The van der Waals surface area contributed by atoms with Crippen molar-refractivity contribution < 1.29 is 9.59 Å². The zero-order chi connectivity index (χ0) is 9.26. The van der Waals surface area contributed by atoms with Crippen LogP contribution in [0.2, 0.25) is 0 Å². The Labute approximate surface area is 73.1 Å². The lowest BCUT2D eigenvalue weighted by molar-refractivity contribution is -0.104. The maximum Gasteiger partial charge on any atom is 0.260 e. The summed E-state index contributed by atoms with van der Waals surface area (Å²) in [4.78, 5) is 31.5. The molecule has 2 heterocycles. The van der Waals surface area contributed by atoms with Crippen LogP contribution in [0.4, 0.5) is 5.82 Å². The summed E-state index contributed by atoms with van der Waals surface area (Å²) in [6.07, 6.45) is 1.79. The van der Waals surface area contributed by atoms with E-state index in [1.165, 1.54) is 0 Å². The summed E-state index contributed by atoms with van der Waals surface area (Å²) in [6, 6.07) is 0. The van der Waals surface area contributed by atoms with E-state index in [1.54, 1.807) is 6.21 Å². The molecule has 66 valence electrons. The Hall–Kier alpha value is -1.98. The number of nitrogens with one attached hydrogen (secondary N) is 2. The number of imidazole rings is 1. The molecule has 0 saturated carbocycles. The van der Waals surface area contributed by atoms with Crippen LogP contribution in [-0.4, -0.2) is 34.9 Å². The average Bonchev–Trinajstić information content (AvgIpc) is 2.59. The molecule has 0 amide bonds. The number of aldehydes is 1. The lowest BCUT2D eigenvalue weighted by Crippen LogP contribution is -2.06.